The molecule has 2 unspecified atom stereocenters. The van der Waals surface area contributed by atoms with Gasteiger partial charge in [-0.1, -0.05) is 17.9 Å². The lowest BCUT2D eigenvalue weighted by atomic mass is 10.2. The van der Waals surface area contributed by atoms with Crippen molar-refractivity contribution >= 4 is 11.6 Å². The number of halogens is 1. The van der Waals surface area contributed by atoms with E-state index in [9.17, 15) is 0 Å². The van der Waals surface area contributed by atoms with Gasteiger partial charge in [-0.15, -0.1) is 11.6 Å². The highest BCUT2D eigenvalue weighted by atomic mass is 35.5. The Balaban J connectivity index is 1.89. The zero-order chi connectivity index (χ0) is 12.8. The molecule has 2 atom stereocenters. The van der Waals surface area contributed by atoms with Crippen LogP contribution in [0, 0.1) is 11.8 Å². The number of rotatable bonds is 3. The molecule has 3 heteroatoms. The third kappa shape index (κ3) is 3.94. The van der Waals surface area contributed by atoms with Gasteiger partial charge < -0.3 is 9.47 Å². The molecule has 0 aliphatic carbocycles. The Labute approximate surface area is 113 Å². The van der Waals surface area contributed by atoms with Crippen molar-refractivity contribution in [2.24, 2.45) is 0 Å². The molecule has 1 heterocycles. The molecule has 0 radical (unpaired) electrons. The van der Waals surface area contributed by atoms with E-state index in [1.54, 1.807) is 0 Å². The lowest BCUT2D eigenvalue weighted by molar-refractivity contribution is 0.0264. The smallest absolute Gasteiger partial charge is 0.120 e. The van der Waals surface area contributed by atoms with E-state index in [1.165, 1.54) is 0 Å². The summed E-state index contributed by atoms with van der Waals surface area (Å²) in [5.74, 6) is 6.99. The number of benzene rings is 1. The van der Waals surface area contributed by atoms with Crippen molar-refractivity contribution in [1.29, 1.82) is 0 Å². The molecule has 0 saturated carbocycles. The van der Waals surface area contributed by atoms with Gasteiger partial charge in [0.1, 0.15) is 12.4 Å². The van der Waals surface area contributed by atoms with Crippen molar-refractivity contribution in [3.05, 3.63) is 29.8 Å². The van der Waals surface area contributed by atoms with Crippen LogP contribution in [0.25, 0.3) is 0 Å². The van der Waals surface area contributed by atoms with Crippen LogP contribution in [0.1, 0.15) is 25.3 Å². The molecule has 0 bridgehead atoms. The number of hydrogen-bond donors (Lipinski definition) is 0. The summed E-state index contributed by atoms with van der Waals surface area (Å²) in [5, 5.41) is 0. The molecule has 96 valence electrons. The first-order valence-electron chi connectivity index (χ1n) is 6.21. The fourth-order valence-electron chi connectivity index (χ4n) is 2.00. The molecule has 18 heavy (non-hydrogen) atoms. The molecule has 0 aromatic heterocycles. The molecular formula is C15H17ClO2. The van der Waals surface area contributed by atoms with Gasteiger partial charge in [0.05, 0.1) is 18.1 Å². The van der Waals surface area contributed by atoms with Gasteiger partial charge in [-0.25, -0.2) is 0 Å². The first kappa shape index (κ1) is 13.3. The van der Waals surface area contributed by atoms with Crippen LogP contribution in [0.15, 0.2) is 24.3 Å². The van der Waals surface area contributed by atoms with Gasteiger partial charge in [0.25, 0.3) is 0 Å². The van der Waals surface area contributed by atoms with E-state index in [-0.39, 0.29) is 6.10 Å². The minimum absolute atomic E-state index is 0.220. The van der Waals surface area contributed by atoms with E-state index >= 15 is 0 Å². The molecule has 1 aliphatic rings. The summed E-state index contributed by atoms with van der Waals surface area (Å²) in [5.41, 5.74) is 0.925. The second-order valence-corrected chi connectivity index (χ2v) is 4.69. The molecular weight excluding hydrogens is 248 g/mol. The second-order valence-electron chi connectivity index (χ2n) is 4.42. The fraction of sp³-hybridized carbons (Fsp3) is 0.467. The highest BCUT2D eigenvalue weighted by molar-refractivity contribution is 6.19. The van der Waals surface area contributed by atoms with Gasteiger partial charge in [-0.3, -0.25) is 0 Å². The molecule has 1 aliphatic heterocycles. The van der Waals surface area contributed by atoms with Crippen LogP contribution in [0.3, 0.4) is 0 Å². The molecule has 1 aromatic rings. The standard InChI is InChI=1S/C15H17ClO2/c1-12-7-8-15(18-12)11-17-14-6-2-4-13(10-14)5-3-9-16/h2,4,6,10,12,15H,7-9,11H2,1H3. The van der Waals surface area contributed by atoms with Gasteiger partial charge in [-0.2, -0.15) is 0 Å². The molecule has 0 amide bonds. The quantitative estimate of drug-likeness (QED) is 0.616. The van der Waals surface area contributed by atoms with Crippen LogP contribution in [-0.2, 0) is 4.74 Å². The van der Waals surface area contributed by atoms with E-state index in [1.807, 2.05) is 24.3 Å². The Morgan fingerprint density at radius 1 is 1.44 bits per heavy atom. The number of ether oxygens (including phenoxy) is 2. The third-order valence-electron chi connectivity index (χ3n) is 2.89. The van der Waals surface area contributed by atoms with Gasteiger partial charge >= 0.3 is 0 Å². The van der Waals surface area contributed by atoms with E-state index < -0.39 is 0 Å². The van der Waals surface area contributed by atoms with Gasteiger partial charge in [-0.05, 0) is 38.0 Å². The lowest BCUT2D eigenvalue weighted by Gasteiger charge is -2.12. The first-order valence-corrected chi connectivity index (χ1v) is 6.74. The van der Waals surface area contributed by atoms with Crippen molar-refractivity contribution in [2.75, 3.05) is 12.5 Å². The number of alkyl halides is 1. The Bertz CT molecular complexity index is 447. The van der Waals surface area contributed by atoms with Crippen molar-refractivity contribution in [3.8, 4) is 17.6 Å². The van der Waals surface area contributed by atoms with Crippen molar-refractivity contribution < 1.29 is 9.47 Å². The van der Waals surface area contributed by atoms with E-state index in [0.29, 0.717) is 18.6 Å². The Hall–Kier alpha value is -1.17. The van der Waals surface area contributed by atoms with E-state index in [4.69, 9.17) is 21.1 Å². The summed E-state index contributed by atoms with van der Waals surface area (Å²) in [6.07, 6.45) is 2.78. The molecule has 2 nitrogen and oxygen atoms in total. The minimum Gasteiger partial charge on any atom is -0.491 e. The zero-order valence-corrected chi connectivity index (χ0v) is 11.2. The third-order valence-corrected chi connectivity index (χ3v) is 3.02. The van der Waals surface area contributed by atoms with Gasteiger partial charge in [0.15, 0.2) is 0 Å². The molecule has 1 saturated heterocycles. The van der Waals surface area contributed by atoms with Crippen LogP contribution in [0.2, 0.25) is 0 Å². The SMILES string of the molecule is CC1CCC(COc2cccc(C#CCCl)c2)O1. The predicted molar refractivity (Wildman–Crippen MR) is 73.1 cm³/mol. The first-order chi connectivity index (χ1) is 8.78. The monoisotopic (exact) mass is 264 g/mol. The molecule has 1 aromatic carbocycles. The highest BCUT2D eigenvalue weighted by Gasteiger charge is 2.22. The summed E-state index contributed by atoms with van der Waals surface area (Å²) in [6, 6.07) is 7.74. The van der Waals surface area contributed by atoms with Crippen LogP contribution in [0.4, 0.5) is 0 Å². The average Bonchev–Trinajstić information content (AvgIpc) is 2.80. The van der Waals surface area contributed by atoms with Crippen LogP contribution in [-0.4, -0.2) is 24.7 Å². The lowest BCUT2D eigenvalue weighted by Crippen LogP contribution is -2.17. The fourth-order valence-corrected chi connectivity index (χ4v) is 2.06. The summed E-state index contributed by atoms with van der Waals surface area (Å²) in [7, 11) is 0. The largest absolute Gasteiger partial charge is 0.491 e. The highest BCUT2D eigenvalue weighted by Crippen LogP contribution is 2.20. The molecule has 0 N–H and O–H groups in total. The molecule has 0 spiro atoms. The van der Waals surface area contributed by atoms with E-state index in [2.05, 4.69) is 18.8 Å². The predicted octanol–water partition coefficient (Wildman–Crippen LogP) is 3.22. The Morgan fingerprint density at radius 3 is 3.06 bits per heavy atom. The normalized spacial score (nSPS) is 22.3. The van der Waals surface area contributed by atoms with Crippen molar-refractivity contribution in [3.63, 3.8) is 0 Å². The van der Waals surface area contributed by atoms with Crippen LogP contribution < -0.4 is 4.74 Å². The van der Waals surface area contributed by atoms with Crippen LogP contribution >= 0.6 is 11.6 Å². The summed E-state index contributed by atoms with van der Waals surface area (Å²) >= 11 is 5.53. The summed E-state index contributed by atoms with van der Waals surface area (Å²) in [6.45, 7) is 2.71. The average molecular weight is 265 g/mol. The Kier molecular flexibility index (Phi) is 4.92. The van der Waals surface area contributed by atoms with E-state index in [0.717, 1.165) is 24.2 Å². The number of hydrogen-bond acceptors (Lipinski definition) is 2. The summed E-state index contributed by atoms with van der Waals surface area (Å²) in [4.78, 5) is 0. The topological polar surface area (TPSA) is 18.5 Å². The maximum Gasteiger partial charge on any atom is 0.120 e. The minimum atomic E-state index is 0.220. The maximum atomic E-state index is 5.73. The van der Waals surface area contributed by atoms with Gasteiger partial charge in [0.2, 0.25) is 0 Å². The summed E-state index contributed by atoms with van der Waals surface area (Å²) < 4.78 is 11.4. The molecule has 2 rings (SSSR count). The van der Waals surface area contributed by atoms with Crippen molar-refractivity contribution in [1.82, 2.24) is 0 Å². The van der Waals surface area contributed by atoms with Crippen LogP contribution in [0.5, 0.6) is 5.75 Å². The zero-order valence-electron chi connectivity index (χ0n) is 10.5. The van der Waals surface area contributed by atoms with Gasteiger partial charge in [0, 0.05) is 5.56 Å². The Morgan fingerprint density at radius 2 is 2.33 bits per heavy atom. The maximum absolute atomic E-state index is 5.73. The second kappa shape index (κ2) is 6.68. The van der Waals surface area contributed by atoms with Crippen molar-refractivity contribution in [2.45, 2.75) is 32.0 Å². The molecule has 1 fully saturated rings.